The minimum Gasteiger partial charge on any atom is -0.298 e. The number of Topliss-reactive ketones (excluding diaryl/α,β-unsaturated/α-hetero) is 2. The van der Waals surface area contributed by atoms with E-state index >= 15 is 0 Å². The van der Waals surface area contributed by atoms with Crippen molar-refractivity contribution < 1.29 is 9.59 Å². The van der Waals surface area contributed by atoms with Crippen LogP contribution in [0.25, 0.3) is 0 Å². The Labute approximate surface area is 103 Å². The zero-order chi connectivity index (χ0) is 11.8. The van der Waals surface area contributed by atoms with E-state index in [1.807, 2.05) is 31.2 Å². The first-order valence-corrected chi connectivity index (χ1v) is 6.43. The molecule has 16 heavy (non-hydrogen) atoms. The molecule has 0 radical (unpaired) electrons. The van der Waals surface area contributed by atoms with E-state index in [2.05, 4.69) is 15.9 Å². The van der Waals surface area contributed by atoms with Crippen LogP contribution in [0, 0.1) is 6.92 Å². The second-order valence-electron chi connectivity index (χ2n) is 4.25. The predicted octanol–water partition coefficient (Wildman–Crippen LogP) is 2.56. The van der Waals surface area contributed by atoms with E-state index in [0.29, 0.717) is 18.2 Å². The van der Waals surface area contributed by atoms with E-state index in [4.69, 9.17) is 0 Å². The molecular formula is C13H13BrO2. The summed E-state index contributed by atoms with van der Waals surface area (Å²) >= 11 is 3.33. The minimum atomic E-state index is -0.923. The van der Waals surface area contributed by atoms with E-state index in [0.717, 1.165) is 11.1 Å². The van der Waals surface area contributed by atoms with Gasteiger partial charge < -0.3 is 0 Å². The Morgan fingerprint density at radius 3 is 2.06 bits per heavy atom. The summed E-state index contributed by atoms with van der Waals surface area (Å²) in [5, 5.41) is 0.390. The molecule has 0 aromatic heterocycles. The van der Waals surface area contributed by atoms with E-state index in [1.165, 1.54) is 0 Å². The van der Waals surface area contributed by atoms with Crippen LogP contribution in [-0.4, -0.2) is 16.9 Å². The van der Waals surface area contributed by atoms with Crippen LogP contribution in [0.2, 0.25) is 0 Å². The van der Waals surface area contributed by atoms with Gasteiger partial charge in [0.05, 0.1) is 0 Å². The zero-order valence-corrected chi connectivity index (χ0v) is 10.7. The molecule has 0 spiro atoms. The third kappa shape index (κ3) is 1.54. The SMILES string of the molecule is Cc1ccc(C2(CBr)C(=O)CCC2=O)cc1. The van der Waals surface area contributed by atoms with E-state index in [9.17, 15) is 9.59 Å². The average molecular weight is 281 g/mol. The number of carbonyl (C=O) groups excluding carboxylic acids is 2. The third-order valence-corrected chi connectivity index (χ3v) is 4.12. The van der Waals surface area contributed by atoms with Gasteiger partial charge in [-0.05, 0) is 12.5 Å². The van der Waals surface area contributed by atoms with Crippen LogP contribution >= 0.6 is 15.9 Å². The highest BCUT2D eigenvalue weighted by Gasteiger charge is 2.49. The van der Waals surface area contributed by atoms with Crippen molar-refractivity contribution in [3.63, 3.8) is 0 Å². The van der Waals surface area contributed by atoms with E-state index < -0.39 is 5.41 Å². The summed E-state index contributed by atoms with van der Waals surface area (Å²) in [7, 11) is 0. The van der Waals surface area contributed by atoms with Gasteiger partial charge in [-0.3, -0.25) is 9.59 Å². The van der Waals surface area contributed by atoms with Gasteiger partial charge in [0, 0.05) is 18.2 Å². The number of carbonyl (C=O) groups is 2. The van der Waals surface area contributed by atoms with Crippen LogP contribution in [0.3, 0.4) is 0 Å². The molecule has 2 nitrogen and oxygen atoms in total. The van der Waals surface area contributed by atoms with E-state index in [-0.39, 0.29) is 11.6 Å². The highest BCUT2D eigenvalue weighted by molar-refractivity contribution is 9.09. The van der Waals surface area contributed by atoms with Crippen molar-refractivity contribution in [2.75, 3.05) is 5.33 Å². The van der Waals surface area contributed by atoms with Gasteiger partial charge in [-0.1, -0.05) is 45.8 Å². The molecule has 1 aromatic carbocycles. The maximum atomic E-state index is 12.0. The third-order valence-electron chi connectivity index (χ3n) is 3.28. The van der Waals surface area contributed by atoms with Crippen LogP contribution in [-0.2, 0) is 15.0 Å². The van der Waals surface area contributed by atoms with Gasteiger partial charge in [0.2, 0.25) is 0 Å². The van der Waals surface area contributed by atoms with Crippen LogP contribution in [0.5, 0.6) is 0 Å². The van der Waals surface area contributed by atoms with Gasteiger partial charge in [0.25, 0.3) is 0 Å². The number of ketones is 2. The van der Waals surface area contributed by atoms with Crippen molar-refractivity contribution in [2.24, 2.45) is 0 Å². The summed E-state index contributed by atoms with van der Waals surface area (Å²) in [6.45, 7) is 1.99. The Hall–Kier alpha value is -0.960. The fourth-order valence-electron chi connectivity index (χ4n) is 2.20. The Kier molecular flexibility index (Phi) is 2.98. The largest absolute Gasteiger partial charge is 0.298 e. The standard InChI is InChI=1S/C13H13BrO2/c1-9-2-4-10(5-3-9)13(8-14)11(15)6-7-12(13)16/h2-5H,6-8H2,1H3. The van der Waals surface area contributed by atoms with Gasteiger partial charge in [-0.2, -0.15) is 0 Å². The molecule has 2 rings (SSSR count). The molecule has 0 bridgehead atoms. The molecule has 1 aromatic rings. The van der Waals surface area contributed by atoms with Crippen LogP contribution in [0.15, 0.2) is 24.3 Å². The topological polar surface area (TPSA) is 34.1 Å². The van der Waals surface area contributed by atoms with Gasteiger partial charge in [0.15, 0.2) is 11.6 Å². The van der Waals surface area contributed by atoms with Crippen molar-refractivity contribution in [1.82, 2.24) is 0 Å². The number of hydrogen-bond acceptors (Lipinski definition) is 2. The summed E-state index contributed by atoms with van der Waals surface area (Å²) in [4.78, 5) is 23.9. The Morgan fingerprint density at radius 2 is 1.62 bits per heavy atom. The summed E-state index contributed by atoms with van der Waals surface area (Å²) in [5.41, 5.74) is 1.03. The molecule has 1 aliphatic rings. The van der Waals surface area contributed by atoms with Crippen molar-refractivity contribution in [3.05, 3.63) is 35.4 Å². The van der Waals surface area contributed by atoms with Crippen LogP contribution in [0.1, 0.15) is 24.0 Å². The highest BCUT2D eigenvalue weighted by Crippen LogP contribution is 2.37. The molecule has 0 saturated heterocycles. The number of rotatable bonds is 2. The predicted molar refractivity (Wildman–Crippen MR) is 65.9 cm³/mol. The van der Waals surface area contributed by atoms with Crippen molar-refractivity contribution >= 4 is 27.5 Å². The lowest BCUT2D eigenvalue weighted by Crippen LogP contribution is -2.39. The zero-order valence-electron chi connectivity index (χ0n) is 9.13. The Morgan fingerprint density at radius 1 is 1.12 bits per heavy atom. The van der Waals surface area contributed by atoms with Crippen molar-refractivity contribution in [2.45, 2.75) is 25.2 Å². The smallest absolute Gasteiger partial charge is 0.152 e. The second kappa shape index (κ2) is 4.13. The van der Waals surface area contributed by atoms with Gasteiger partial charge in [0.1, 0.15) is 5.41 Å². The molecule has 1 aliphatic carbocycles. The lowest BCUT2D eigenvalue weighted by molar-refractivity contribution is -0.128. The fraction of sp³-hybridized carbons (Fsp3) is 0.385. The minimum absolute atomic E-state index is 0.0400. The molecule has 84 valence electrons. The van der Waals surface area contributed by atoms with Crippen molar-refractivity contribution in [1.29, 1.82) is 0 Å². The molecule has 1 fully saturated rings. The Balaban J connectivity index is 2.53. The highest BCUT2D eigenvalue weighted by atomic mass is 79.9. The quantitative estimate of drug-likeness (QED) is 0.616. The molecule has 0 aliphatic heterocycles. The number of alkyl halides is 1. The molecule has 0 atom stereocenters. The normalized spacial score (nSPS) is 19.1. The number of aryl methyl sites for hydroxylation is 1. The molecule has 0 N–H and O–H groups in total. The van der Waals surface area contributed by atoms with Crippen molar-refractivity contribution in [3.8, 4) is 0 Å². The maximum absolute atomic E-state index is 12.0. The summed E-state index contributed by atoms with van der Waals surface area (Å²) < 4.78 is 0. The molecule has 0 heterocycles. The molecule has 0 unspecified atom stereocenters. The molecule has 1 saturated carbocycles. The van der Waals surface area contributed by atoms with Gasteiger partial charge in [-0.15, -0.1) is 0 Å². The lowest BCUT2D eigenvalue weighted by atomic mass is 9.79. The number of halogens is 1. The summed E-state index contributed by atoms with van der Waals surface area (Å²) in [6.07, 6.45) is 0.747. The first-order valence-electron chi connectivity index (χ1n) is 5.31. The van der Waals surface area contributed by atoms with Gasteiger partial charge >= 0.3 is 0 Å². The lowest BCUT2D eigenvalue weighted by Gasteiger charge is -2.23. The first kappa shape index (κ1) is 11.5. The Bertz CT molecular complexity index is 418. The summed E-state index contributed by atoms with van der Waals surface area (Å²) in [5.74, 6) is 0.0801. The first-order chi connectivity index (χ1) is 7.61. The van der Waals surface area contributed by atoms with E-state index in [1.54, 1.807) is 0 Å². The summed E-state index contributed by atoms with van der Waals surface area (Å²) in [6, 6.07) is 7.66. The van der Waals surface area contributed by atoms with Crippen LogP contribution < -0.4 is 0 Å². The average Bonchev–Trinajstić information content (AvgIpc) is 2.57. The molecular weight excluding hydrogens is 268 g/mol. The molecule has 3 heteroatoms. The monoisotopic (exact) mass is 280 g/mol. The van der Waals surface area contributed by atoms with Gasteiger partial charge in [-0.25, -0.2) is 0 Å². The number of hydrogen-bond donors (Lipinski definition) is 0. The maximum Gasteiger partial charge on any atom is 0.152 e. The number of benzene rings is 1. The second-order valence-corrected chi connectivity index (χ2v) is 4.81. The van der Waals surface area contributed by atoms with Crippen LogP contribution in [0.4, 0.5) is 0 Å². The fourth-order valence-corrected chi connectivity index (χ4v) is 3.14. The molecule has 0 amide bonds.